The van der Waals surface area contributed by atoms with E-state index in [1.165, 1.54) is 0 Å². The Morgan fingerprint density at radius 1 is 0.661 bits per heavy atom. The van der Waals surface area contributed by atoms with Crippen LogP contribution in [0.3, 0.4) is 0 Å². The van der Waals surface area contributed by atoms with E-state index >= 15 is 0 Å². The van der Waals surface area contributed by atoms with Gasteiger partial charge in [-0.3, -0.25) is 9.59 Å². The molecule has 2 aliphatic carbocycles. The molecular weight excluding hydrogens is 716 g/mol. The smallest absolute Gasteiger partial charge is 0.354 e. The number of fused-ring (bicyclic) bond motifs is 4. The third-order valence-corrected chi connectivity index (χ3v) is 10.7. The molecule has 56 heavy (non-hydrogen) atoms. The fraction of sp³-hybridized carbons (Fsp3) is 0.279. The maximum absolute atomic E-state index is 13.1. The van der Waals surface area contributed by atoms with E-state index in [9.17, 15) is 19.5 Å². The van der Waals surface area contributed by atoms with E-state index in [2.05, 4.69) is 20.6 Å². The number of anilines is 2. The number of aromatic amines is 2. The van der Waals surface area contributed by atoms with Gasteiger partial charge in [0.1, 0.15) is 5.69 Å². The maximum atomic E-state index is 13.1. The Labute approximate surface area is 322 Å². The number of rotatable bonds is 9. The van der Waals surface area contributed by atoms with Crippen LogP contribution in [0.1, 0.15) is 67.3 Å². The van der Waals surface area contributed by atoms with Crippen molar-refractivity contribution in [3.63, 3.8) is 0 Å². The van der Waals surface area contributed by atoms with Crippen molar-refractivity contribution in [1.82, 2.24) is 9.97 Å². The Kier molecular flexibility index (Phi) is 9.33. The second-order valence-corrected chi connectivity index (χ2v) is 14.2. The highest BCUT2D eigenvalue weighted by molar-refractivity contribution is 6.04. The van der Waals surface area contributed by atoms with Gasteiger partial charge in [0, 0.05) is 38.9 Å². The summed E-state index contributed by atoms with van der Waals surface area (Å²) in [6.45, 7) is 2.48. The van der Waals surface area contributed by atoms with Crippen LogP contribution in [0.4, 0.5) is 11.4 Å². The van der Waals surface area contributed by atoms with Gasteiger partial charge in [-0.2, -0.15) is 0 Å². The standard InChI is InChI=1S/C22H20N2O5.C20H18N2O4.CH4/c1-2-27-20(25)17-10-13-9-15(4-5-16(13)24-17)23-21(26)22(7-8-22)14-3-6-18-19(11-14)29-12-28-18;23-10-15-8-12-7-14(2-3-16(12)21-15)22-19(24)20(5-6-20)13-1-4-17-18(9-13)26-11-25-17;/h3-6,9-11,24H,2,7-8,12H2,1H3,(H,23,26);1-4,7-9,21,23H,5-6,10-11H2,(H,22,24);1H4. The molecule has 2 aliphatic heterocycles. The van der Waals surface area contributed by atoms with Crippen LogP contribution in [-0.4, -0.2) is 53.1 Å². The molecule has 0 saturated heterocycles. The quantitative estimate of drug-likeness (QED) is 0.0940. The lowest BCUT2D eigenvalue weighted by Crippen LogP contribution is -2.27. The summed E-state index contributed by atoms with van der Waals surface area (Å²) in [4.78, 5) is 44.1. The van der Waals surface area contributed by atoms with Crippen LogP contribution in [0.15, 0.2) is 84.9 Å². The van der Waals surface area contributed by atoms with Crippen LogP contribution < -0.4 is 29.6 Å². The SMILES string of the molecule is C.CCOC(=O)c1cc2cc(NC(=O)C3(c4ccc5c(c4)OCO5)CC3)ccc2[nH]1.O=C(Nc1ccc2[nH]c(CO)cc2c1)C1(c2ccc3c(c2)OCO3)CC1. The molecule has 0 atom stereocenters. The number of aromatic nitrogens is 2. The first kappa shape index (κ1) is 36.5. The molecule has 0 spiro atoms. The number of ether oxygens (including phenoxy) is 5. The van der Waals surface area contributed by atoms with Crippen molar-refractivity contribution in [3.8, 4) is 23.0 Å². The molecular formula is C43H42N4O9. The van der Waals surface area contributed by atoms with Crippen molar-refractivity contribution in [2.75, 3.05) is 30.8 Å². The molecule has 4 aliphatic rings. The molecule has 2 saturated carbocycles. The number of hydrogen-bond donors (Lipinski definition) is 5. The first-order valence-electron chi connectivity index (χ1n) is 18.2. The highest BCUT2D eigenvalue weighted by Crippen LogP contribution is 2.52. The Balaban J connectivity index is 0.000000156. The molecule has 288 valence electrons. The summed E-state index contributed by atoms with van der Waals surface area (Å²) in [5.74, 6) is 2.37. The molecule has 4 aromatic carbocycles. The van der Waals surface area contributed by atoms with Gasteiger partial charge in [0.05, 0.1) is 24.0 Å². The fourth-order valence-electron chi connectivity index (χ4n) is 7.32. The van der Waals surface area contributed by atoms with Crippen molar-refractivity contribution in [3.05, 3.63) is 107 Å². The normalized spacial score (nSPS) is 16.0. The molecule has 0 bridgehead atoms. The van der Waals surface area contributed by atoms with Crippen molar-refractivity contribution in [2.24, 2.45) is 0 Å². The minimum atomic E-state index is -0.538. The lowest BCUT2D eigenvalue weighted by atomic mass is 9.94. The largest absolute Gasteiger partial charge is 0.461 e. The number of nitrogens with one attached hydrogen (secondary N) is 4. The third kappa shape index (κ3) is 6.64. The zero-order valence-corrected chi connectivity index (χ0v) is 30.0. The van der Waals surface area contributed by atoms with Crippen LogP contribution in [0.2, 0.25) is 0 Å². The first-order chi connectivity index (χ1) is 26.8. The van der Waals surface area contributed by atoms with Crippen LogP contribution >= 0.6 is 0 Å². The number of benzene rings is 4. The average molecular weight is 759 g/mol. The van der Waals surface area contributed by atoms with Gasteiger partial charge in [0.2, 0.25) is 25.4 Å². The van der Waals surface area contributed by atoms with Crippen LogP contribution in [0.5, 0.6) is 23.0 Å². The summed E-state index contributed by atoms with van der Waals surface area (Å²) < 4.78 is 26.6. The fourth-order valence-corrected chi connectivity index (χ4v) is 7.32. The molecule has 0 radical (unpaired) electrons. The molecule has 2 amide bonds. The van der Waals surface area contributed by atoms with E-state index in [0.29, 0.717) is 35.2 Å². The monoisotopic (exact) mass is 758 g/mol. The zero-order chi connectivity index (χ0) is 37.7. The van der Waals surface area contributed by atoms with Crippen molar-refractivity contribution in [2.45, 2.75) is 57.5 Å². The van der Waals surface area contributed by atoms with E-state index in [4.69, 9.17) is 23.7 Å². The van der Waals surface area contributed by atoms with Gasteiger partial charge in [-0.15, -0.1) is 0 Å². The molecule has 6 aromatic rings. The average Bonchev–Trinajstić information content (AvgIpc) is 3.90. The lowest BCUT2D eigenvalue weighted by Gasteiger charge is -2.16. The van der Waals surface area contributed by atoms with Crippen LogP contribution in [0.25, 0.3) is 21.8 Å². The van der Waals surface area contributed by atoms with E-state index in [0.717, 1.165) is 75.7 Å². The van der Waals surface area contributed by atoms with Gasteiger partial charge >= 0.3 is 5.97 Å². The number of hydrogen-bond acceptors (Lipinski definition) is 9. The summed E-state index contributed by atoms with van der Waals surface area (Å²) >= 11 is 0. The number of carbonyl (C=O) groups is 3. The topological polar surface area (TPSA) is 173 Å². The van der Waals surface area contributed by atoms with Crippen LogP contribution in [0, 0.1) is 0 Å². The lowest BCUT2D eigenvalue weighted by molar-refractivity contribution is -0.119. The summed E-state index contributed by atoms with van der Waals surface area (Å²) in [5.41, 5.74) is 5.19. The molecule has 13 heteroatoms. The Morgan fingerprint density at radius 2 is 1.16 bits per heavy atom. The van der Waals surface area contributed by atoms with Crippen molar-refractivity contribution < 1.29 is 43.2 Å². The van der Waals surface area contributed by atoms with Crippen LogP contribution in [-0.2, 0) is 31.8 Å². The van der Waals surface area contributed by atoms with Gasteiger partial charge in [-0.05, 0) is 117 Å². The minimum absolute atomic E-state index is 0. The predicted molar refractivity (Wildman–Crippen MR) is 209 cm³/mol. The van der Waals surface area contributed by atoms with Gasteiger partial charge in [0.15, 0.2) is 23.0 Å². The molecule has 13 nitrogen and oxygen atoms in total. The summed E-state index contributed by atoms with van der Waals surface area (Å²) in [5, 5.41) is 17.1. The molecule has 0 unspecified atom stereocenters. The Morgan fingerprint density at radius 3 is 1.66 bits per heavy atom. The molecule has 10 rings (SSSR count). The highest BCUT2D eigenvalue weighted by atomic mass is 16.7. The van der Waals surface area contributed by atoms with Gasteiger partial charge < -0.3 is 49.4 Å². The number of amides is 2. The first-order valence-corrected chi connectivity index (χ1v) is 18.2. The summed E-state index contributed by atoms with van der Waals surface area (Å²) in [6.07, 6.45) is 3.22. The number of carbonyl (C=O) groups excluding carboxylic acids is 3. The zero-order valence-electron chi connectivity index (χ0n) is 30.0. The minimum Gasteiger partial charge on any atom is -0.461 e. The van der Waals surface area contributed by atoms with Gasteiger partial charge in [0.25, 0.3) is 0 Å². The molecule has 4 heterocycles. The Hall–Kier alpha value is -6.47. The van der Waals surface area contributed by atoms with Gasteiger partial charge in [-0.25, -0.2) is 4.79 Å². The second kappa shape index (κ2) is 14.3. The second-order valence-electron chi connectivity index (χ2n) is 14.2. The summed E-state index contributed by atoms with van der Waals surface area (Å²) in [6, 6.07) is 26.2. The number of H-pyrrole nitrogens is 2. The van der Waals surface area contributed by atoms with E-state index in [-0.39, 0.29) is 39.4 Å². The highest BCUT2D eigenvalue weighted by Gasteiger charge is 2.52. The number of esters is 1. The Bertz CT molecular complexity index is 2490. The third-order valence-electron chi connectivity index (χ3n) is 10.7. The number of aliphatic hydroxyl groups is 1. The van der Waals surface area contributed by atoms with Crippen molar-refractivity contribution >= 4 is 51.0 Å². The summed E-state index contributed by atoms with van der Waals surface area (Å²) in [7, 11) is 0. The van der Waals surface area contributed by atoms with E-state index < -0.39 is 16.8 Å². The number of aliphatic hydroxyl groups excluding tert-OH is 1. The van der Waals surface area contributed by atoms with Gasteiger partial charge in [-0.1, -0.05) is 19.6 Å². The maximum Gasteiger partial charge on any atom is 0.354 e. The van der Waals surface area contributed by atoms with Crippen molar-refractivity contribution in [1.29, 1.82) is 0 Å². The molecule has 2 fully saturated rings. The molecule has 2 aromatic heterocycles. The predicted octanol–water partition coefficient (Wildman–Crippen LogP) is 7.44. The van der Waals surface area contributed by atoms with E-state index in [1.807, 2.05) is 78.9 Å². The molecule has 5 N–H and O–H groups in total. The van der Waals surface area contributed by atoms with E-state index in [1.54, 1.807) is 13.0 Å².